The fourth-order valence-electron chi connectivity index (χ4n) is 3.77. The normalized spacial score (nSPS) is 17.9. The second kappa shape index (κ2) is 8.37. The largest absolute Gasteiger partial charge is 0.311 e. The van der Waals surface area contributed by atoms with E-state index >= 15 is 0 Å². The quantitative estimate of drug-likeness (QED) is 0.732. The zero-order chi connectivity index (χ0) is 21.2. The smallest absolute Gasteiger partial charge is 0.225 e. The van der Waals surface area contributed by atoms with Crippen LogP contribution in [0.4, 0.5) is 5.82 Å². The van der Waals surface area contributed by atoms with E-state index in [1.165, 1.54) is 0 Å². The van der Waals surface area contributed by atoms with Gasteiger partial charge in [0, 0.05) is 18.2 Å². The Hall–Kier alpha value is -2.67. The molecule has 9 nitrogen and oxygen atoms in total. The second-order valence-electron chi connectivity index (χ2n) is 7.50. The molecule has 0 aromatic carbocycles. The van der Waals surface area contributed by atoms with Gasteiger partial charge in [-0.3, -0.25) is 9.48 Å². The number of hydrogen-bond donors (Lipinski definition) is 1. The number of anilines is 1. The highest BCUT2D eigenvalue weighted by Gasteiger charge is 2.31. The van der Waals surface area contributed by atoms with Crippen LogP contribution in [0.1, 0.15) is 47.9 Å². The molecular formula is C19H26N6O3S. The zero-order valence-corrected chi connectivity index (χ0v) is 17.8. The summed E-state index contributed by atoms with van der Waals surface area (Å²) in [5, 5.41) is 20.5. The molecule has 0 spiro atoms. The number of nitriles is 1. The first-order valence-electron chi connectivity index (χ1n) is 9.66. The van der Waals surface area contributed by atoms with Crippen LogP contribution in [0.15, 0.2) is 6.07 Å². The summed E-state index contributed by atoms with van der Waals surface area (Å²) in [5.41, 5.74) is 3.59. The van der Waals surface area contributed by atoms with Crippen LogP contribution in [0.2, 0.25) is 0 Å². The Labute approximate surface area is 170 Å². The number of nitrogens with one attached hydrogen (secondary N) is 1. The summed E-state index contributed by atoms with van der Waals surface area (Å²) in [5.74, 6) is 0.582. The molecule has 1 aliphatic rings. The summed E-state index contributed by atoms with van der Waals surface area (Å²) in [7, 11) is -3.04. The minimum Gasteiger partial charge on any atom is -0.311 e. The van der Waals surface area contributed by atoms with E-state index in [0.29, 0.717) is 31.6 Å². The summed E-state index contributed by atoms with van der Waals surface area (Å²) in [6.07, 6.45) is 1.72. The van der Waals surface area contributed by atoms with Crippen molar-refractivity contribution >= 4 is 21.6 Å². The summed E-state index contributed by atoms with van der Waals surface area (Å²) in [6.45, 7) is 6.21. The molecule has 156 valence electrons. The molecular weight excluding hydrogens is 392 g/mol. The number of aromatic nitrogens is 4. The van der Waals surface area contributed by atoms with E-state index < -0.39 is 9.84 Å². The number of carbonyl (C=O) groups is 1. The Balaban J connectivity index is 1.65. The van der Waals surface area contributed by atoms with Crippen molar-refractivity contribution in [1.29, 1.82) is 5.26 Å². The van der Waals surface area contributed by atoms with Crippen LogP contribution in [0.3, 0.4) is 0 Å². The number of carbonyl (C=O) groups excluding carboxylic acids is 1. The third-order valence-corrected chi connectivity index (χ3v) is 7.00. The van der Waals surface area contributed by atoms with E-state index in [2.05, 4.69) is 21.6 Å². The Morgan fingerprint density at radius 3 is 2.76 bits per heavy atom. The molecule has 0 saturated carbocycles. The number of rotatable bonds is 7. The highest BCUT2D eigenvalue weighted by atomic mass is 32.2. The molecule has 1 amide bonds. The SMILES string of the molecule is Cc1cc(NC(=O)CCc2c(C)nn(CCC#N)c2C)n(C2CCS(=O)(=O)C2)n1. The third kappa shape index (κ3) is 4.85. The molecule has 1 unspecified atom stereocenters. The van der Waals surface area contributed by atoms with Gasteiger partial charge in [-0.1, -0.05) is 0 Å². The van der Waals surface area contributed by atoms with Gasteiger partial charge in [-0.15, -0.1) is 0 Å². The van der Waals surface area contributed by atoms with Crippen LogP contribution < -0.4 is 5.32 Å². The van der Waals surface area contributed by atoms with Gasteiger partial charge >= 0.3 is 0 Å². The van der Waals surface area contributed by atoms with Gasteiger partial charge in [-0.25, -0.2) is 13.1 Å². The number of sulfone groups is 1. The fraction of sp³-hybridized carbons (Fsp3) is 0.579. The van der Waals surface area contributed by atoms with Crippen molar-refractivity contribution in [1.82, 2.24) is 19.6 Å². The van der Waals surface area contributed by atoms with Crippen LogP contribution in [-0.2, 0) is 27.6 Å². The van der Waals surface area contributed by atoms with Crippen molar-refractivity contribution in [2.75, 3.05) is 16.8 Å². The lowest BCUT2D eigenvalue weighted by Crippen LogP contribution is -2.20. The highest BCUT2D eigenvalue weighted by Crippen LogP contribution is 2.27. The van der Waals surface area contributed by atoms with Crippen LogP contribution in [0.5, 0.6) is 0 Å². The molecule has 3 heterocycles. The Morgan fingerprint density at radius 1 is 1.34 bits per heavy atom. The lowest BCUT2D eigenvalue weighted by atomic mass is 10.1. The minimum atomic E-state index is -3.04. The molecule has 29 heavy (non-hydrogen) atoms. The van der Waals surface area contributed by atoms with Gasteiger partial charge in [0.25, 0.3) is 0 Å². The molecule has 1 fully saturated rings. The molecule has 1 atom stereocenters. The predicted molar refractivity (Wildman–Crippen MR) is 108 cm³/mol. The van der Waals surface area contributed by atoms with Crippen molar-refractivity contribution in [3.8, 4) is 6.07 Å². The van der Waals surface area contributed by atoms with Crippen LogP contribution in [0.25, 0.3) is 0 Å². The third-order valence-electron chi connectivity index (χ3n) is 5.25. The summed E-state index contributed by atoms with van der Waals surface area (Å²) >= 11 is 0. The van der Waals surface area contributed by atoms with Crippen molar-refractivity contribution in [3.05, 3.63) is 28.7 Å². The maximum atomic E-state index is 12.6. The molecule has 2 aromatic heterocycles. The van der Waals surface area contributed by atoms with Crippen molar-refractivity contribution in [2.24, 2.45) is 0 Å². The number of aryl methyl sites for hydroxylation is 3. The first-order valence-corrected chi connectivity index (χ1v) is 11.5. The maximum absolute atomic E-state index is 12.6. The van der Waals surface area contributed by atoms with E-state index in [0.717, 1.165) is 22.6 Å². The van der Waals surface area contributed by atoms with Gasteiger partial charge in [0.1, 0.15) is 5.82 Å². The van der Waals surface area contributed by atoms with Crippen LogP contribution in [-0.4, -0.2) is 45.4 Å². The second-order valence-corrected chi connectivity index (χ2v) is 9.73. The summed E-state index contributed by atoms with van der Waals surface area (Å²) in [4.78, 5) is 12.6. The molecule has 2 aromatic rings. The van der Waals surface area contributed by atoms with E-state index in [1.54, 1.807) is 10.7 Å². The zero-order valence-electron chi connectivity index (χ0n) is 17.0. The predicted octanol–water partition coefficient (Wildman–Crippen LogP) is 1.85. The van der Waals surface area contributed by atoms with Crippen molar-refractivity contribution in [3.63, 3.8) is 0 Å². The van der Waals surface area contributed by atoms with Crippen molar-refractivity contribution in [2.45, 2.75) is 59.0 Å². The van der Waals surface area contributed by atoms with Gasteiger partial charge < -0.3 is 5.32 Å². The van der Waals surface area contributed by atoms with E-state index in [1.807, 2.05) is 25.5 Å². The van der Waals surface area contributed by atoms with Gasteiger partial charge in [-0.2, -0.15) is 15.5 Å². The minimum absolute atomic E-state index is 0.0528. The van der Waals surface area contributed by atoms with Gasteiger partial charge in [0.15, 0.2) is 9.84 Å². The molecule has 0 radical (unpaired) electrons. The Morgan fingerprint density at radius 2 is 2.10 bits per heavy atom. The van der Waals surface area contributed by atoms with Gasteiger partial charge in [-0.05, 0) is 39.2 Å². The van der Waals surface area contributed by atoms with E-state index in [-0.39, 0.29) is 29.9 Å². The first-order chi connectivity index (χ1) is 13.7. The van der Waals surface area contributed by atoms with Crippen LogP contribution in [0, 0.1) is 32.1 Å². The standard InChI is InChI=1S/C19H26N6O3S/c1-13-11-18(25(22-13)16-7-10-29(27,28)12-16)21-19(26)6-5-17-14(2)23-24(15(17)3)9-4-8-20/h11,16H,4-7,9-10,12H2,1-3H3,(H,21,26). The van der Waals surface area contributed by atoms with Crippen LogP contribution >= 0.6 is 0 Å². The highest BCUT2D eigenvalue weighted by molar-refractivity contribution is 7.91. The number of hydrogen-bond acceptors (Lipinski definition) is 6. The number of nitrogens with zero attached hydrogens (tertiary/aromatic N) is 5. The molecule has 1 aliphatic heterocycles. The Bertz CT molecular complexity index is 1060. The molecule has 3 rings (SSSR count). The molecule has 10 heteroatoms. The molecule has 1 N–H and O–H groups in total. The molecule has 0 bridgehead atoms. The molecule has 1 saturated heterocycles. The monoisotopic (exact) mass is 418 g/mol. The summed E-state index contributed by atoms with van der Waals surface area (Å²) in [6, 6.07) is 3.63. The maximum Gasteiger partial charge on any atom is 0.225 e. The van der Waals surface area contributed by atoms with E-state index in [4.69, 9.17) is 5.26 Å². The summed E-state index contributed by atoms with van der Waals surface area (Å²) < 4.78 is 27.0. The fourth-order valence-corrected chi connectivity index (χ4v) is 5.46. The lowest BCUT2D eigenvalue weighted by molar-refractivity contribution is -0.116. The number of amides is 1. The van der Waals surface area contributed by atoms with Crippen molar-refractivity contribution < 1.29 is 13.2 Å². The lowest BCUT2D eigenvalue weighted by Gasteiger charge is -2.14. The van der Waals surface area contributed by atoms with Gasteiger partial charge in [0.2, 0.25) is 5.91 Å². The van der Waals surface area contributed by atoms with Gasteiger partial charge in [0.05, 0.1) is 48.0 Å². The first kappa shape index (κ1) is 21.0. The Kier molecular flexibility index (Phi) is 6.07. The average molecular weight is 419 g/mol. The topological polar surface area (TPSA) is 123 Å². The van der Waals surface area contributed by atoms with E-state index in [9.17, 15) is 13.2 Å². The average Bonchev–Trinajstić information content (AvgIpc) is 3.27. The molecule has 0 aliphatic carbocycles.